The summed E-state index contributed by atoms with van der Waals surface area (Å²) in [6, 6.07) is 15.2. The Balaban J connectivity index is 1.65. The first-order valence-corrected chi connectivity index (χ1v) is 12.2. The Bertz CT molecular complexity index is 1530. The van der Waals surface area contributed by atoms with Gasteiger partial charge >= 0.3 is 0 Å². The number of ether oxygens (including phenoxy) is 2. The summed E-state index contributed by atoms with van der Waals surface area (Å²) in [5, 5.41) is 5.87. The zero-order valence-corrected chi connectivity index (χ0v) is 20.8. The number of hydrogen-bond acceptors (Lipinski definition) is 5. The fourth-order valence-electron chi connectivity index (χ4n) is 4.34. The molecule has 4 aromatic rings. The summed E-state index contributed by atoms with van der Waals surface area (Å²) in [5.74, 6) is -1.01. The lowest BCUT2D eigenvalue weighted by molar-refractivity contribution is 0.0853. The quantitative estimate of drug-likeness (QED) is 0.352. The van der Waals surface area contributed by atoms with Gasteiger partial charge in [-0.2, -0.15) is 10.2 Å². The van der Waals surface area contributed by atoms with Gasteiger partial charge in [0.1, 0.15) is 42.9 Å². The third-order valence-electron chi connectivity index (χ3n) is 6.56. The highest BCUT2D eigenvalue weighted by molar-refractivity contribution is 6.53. The Morgan fingerprint density at radius 2 is 1.74 bits per heavy atom. The predicted molar refractivity (Wildman–Crippen MR) is 145 cm³/mol. The van der Waals surface area contributed by atoms with E-state index in [9.17, 15) is 9.18 Å². The second kappa shape index (κ2) is 10.5. The lowest BCUT2D eigenvalue weighted by Crippen LogP contribution is -2.58. The molecule has 0 amide bonds. The van der Waals surface area contributed by atoms with Crippen molar-refractivity contribution in [2.45, 2.75) is 29.6 Å². The Morgan fingerprint density at radius 1 is 1.03 bits per heavy atom. The number of halogens is 2. The summed E-state index contributed by atoms with van der Waals surface area (Å²) < 4.78 is 43.1. The molecule has 13 heteroatoms. The highest BCUT2D eigenvalue weighted by atomic mass is 19.1. The monoisotopic (exact) mass is 518 g/mol. The molecule has 0 aliphatic carbocycles. The molecular weight excluding hydrogens is 498 g/mol. The van der Waals surface area contributed by atoms with E-state index in [1.54, 1.807) is 36.4 Å². The average Bonchev–Trinajstić information content (AvgIpc) is 3.40. The second-order valence-electron chi connectivity index (χ2n) is 9.34. The molecule has 1 aliphatic heterocycles. The Labute approximate surface area is 229 Å². The van der Waals surface area contributed by atoms with Gasteiger partial charge in [-0.05, 0) is 54.7 Å². The summed E-state index contributed by atoms with van der Waals surface area (Å²) >= 11 is 0. The molecule has 0 saturated carbocycles. The zero-order valence-electron chi connectivity index (χ0n) is 20.8. The minimum absolute atomic E-state index is 0.00524. The minimum atomic E-state index is -3.23. The van der Waals surface area contributed by atoms with Crippen molar-refractivity contribution in [3.63, 3.8) is 0 Å². The van der Waals surface area contributed by atoms with Crippen molar-refractivity contribution in [3.05, 3.63) is 88.6 Å². The summed E-state index contributed by atoms with van der Waals surface area (Å²) in [5.41, 5.74) is -2.57. The molecule has 2 aromatic heterocycles. The molecule has 0 spiro atoms. The summed E-state index contributed by atoms with van der Waals surface area (Å²) in [6.07, 6.45) is 4.06. The van der Waals surface area contributed by atoms with E-state index in [0.29, 0.717) is 18.9 Å². The van der Waals surface area contributed by atoms with Gasteiger partial charge in [-0.1, -0.05) is 24.3 Å². The van der Waals surface area contributed by atoms with Crippen LogP contribution in [0, 0.1) is 5.82 Å². The maximum absolute atomic E-state index is 15.5. The molecule has 5 rings (SSSR count). The third kappa shape index (κ3) is 5.45. The van der Waals surface area contributed by atoms with E-state index in [2.05, 4.69) is 10.2 Å². The van der Waals surface area contributed by atoms with Gasteiger partial charge < -0.3 is 9.47 Å². The number of para-hydroxylation sites is 1. The van der Waals surface area contributed by atoms with Crippen molar-refractivity contribution in [1.29, 1.82) is 0 Å². The molecule has 2 aromatic carbocycles. The van der Waals surface area contributed by atoms with Gasteiger partial charge in [-0.15, -0.1) is 0 Å². The number of aromatic nitrogens is 4. The van der Waals surface area contributed by atoms with E-state index < -0.39 is 27.9 Å². The standard InChI is InChI=1S/C26H20B4F2N4O3/c27-25(28,32)26(29,30)39-22-15-35(20-7-6-17(14-19(20)31)16-9-12-38-13-10-16)34-23(24(22)37)21-8-11-33-36(21)18-4-2-1-3-5-18/h1-8,11,14-16H,9-10,12-13H2. The average molecular weight is 518 g/mol. The number of nitrogens with zero attached hydrogens (tertiary/aromatic N) is 4. The number of benzene rings is 2. The molecular formula is C26H20B4F2N4O3. The molecule has 1 fully saturated rings. The lowest BCUT2D eigenvalue weighted by Gasteiger charge is -2.38. The fourth-order valence-corrected chi connectivity index (χ4v) is 4.34. The van der Waals surface area contributed by atoms with Gasteiger partial charge in [-0.3, -0.25) is 9.18 Å². The number of alkyl halides is 1. The summed E-state index contributed by atoms with van der Waals surface area (Å²) in [4.78, 5) is 13.5. The summed E-state index contributed by atoms with van der Waals surface area (Å²) in [7, 11) is 21.8. The molecule has 0 atom stereocenters. The van der Waals surface area contributed by atoms with Crippen LogP contribution in [0.2, 0.25) is 0 Å². The highest BCUT2D eigenvalue weighted by Crippen LogP contribution is 2.30. The first-order chi connectivity index (χ1) is 18.5. The molecule has 7 nitrogen and oxygen atoms in total. The Hall–Kier alpha value is -3.59. The molecule has 0 unspecified atom stereocenters. The topological polar surface area (TPSA) is 71.2 Å². The van der Waals surface area contributed by atoms with Crippen LogP contribution in [-0.4, -0.2) is 75.0 Å². The van der Waals surface area contributed by atoms with Crippen LogP contribution in [0.25, 0.3) is 22.8 Å². The Morgan fingerprint density at radius 3 is 2.41 bits per heavy atom. The molecule has 1 aliphatic rings. The van der Waals surface area contributed by atoms with E-state index in [4.69, 9.17) is 40.9 Å². The molecule has 188 valence electrons. The van der Waals surface area contributed by atoms with Crippen molar-refractivity contribution in [3.8, 4) is 28.5 Å². The first-order valence-electron chi connectivity index (χ1n) is 12.2. The molecule has 8 radical (unpaired) electrons. The van der Waals surface area contributed by atoms with Gasteiger partial charge in [-0.25, -0.2) is 13.8 Å². The van der Waals surface area contributed by atoms with Crippen LogP contribution in [0.5, 0.6) is 5.75 Å². The highest BCUT2D eigenvalue weighted by Gasteiger charge is 2.38. The third-order valence-corrected chi connectivity index (χ3v) is 6.56. The van der Waals surface area contributed by atoms with Crippen LogP contribution in [0.4, 0.5) is 8.78 Å². The molecule has 0 bridgehead atoms. The van der Waals surface area contributed by atoms with E-state index in [1.165, 1.54) is 23.0 Å². The first kappa shape index (κ1) is 27.0. The van der Waals surface area contributed by atoms with Gasteiger partial charge in [0.2, 0.25) is 0 Å². The molecule has 0 N–H and O–H groups in total. The SMILES string of the molecule is [B]C([B])(F)C([B])([B])Oc1cn(-c2ccc(C3CCOCC3)cc2F)nc(-c2ccnn2-c2ccccc2)c1=O. The second-order valence-corrected chi connectivity index (χ2v) is 9.34. The number of rotatable bonds is 7. The maximum Gasteiger partial charge on any atom is 0.251 e. The molecule has 3 heterocycles. The molecule has 39 heavy (non-hydrogen) atoms. The van der Waals surface area contributed by atoms with Crippen LogP contribution in [-0.2, 0) is 4.74 Å². The van der Waals surface area contributed by atoms with Crippen LogP contribution in [0.15, 0.2) is 71.8 Å². The van der Waals surface area contributed by atoms with E-state index in [1.807, 2.05) is 6.07 Å². The Kier molecular flexibility index (Phi) is 7.28. The van der Waals surface area contributed by atoms with Crippen molar-refractivity contribution in [2.75, 3.05) is 13.2 Å². The molecule has 1 saturated heterocycles. The van der Waals surface area contributed by atoms with E-state index in [0.717, 1.165) is 29.3 Å². The normalized spacial score (nSPS) is 14.8. The fraction of sp³-hybridized carbons (Fsp3) is 0.269. The van der Waals surface area contributed by atoms with Crippen molar-refractivity contribution < 1.29 is 18.3 Å². The van der Waals surface area contributed by atoms with Crippen molar-refractivity contribution >= 4 is 31.4 Å². The zero-order chi connectivity index (χ0) is 27.8. The smallest absolute Gasteiger partial charge is 0.251 e. The van der Waals surface area contributed by atoms with Crippen LogP contribution >= 0.6 is 0 Å². The summed E-state index contributed by atoms with van der Waals surface area (Å²) in [6.45, 7) is 1.21. The van der Waals surface area contributed by atoms with Crippen molar-refractivity contribution in [1.82, 2.24) is 19.6 Å². The van der Waals surface area contributed by atoms with Crippen LogP contribution in [0.3, 0.4) is 0 Å². The lowest BCUT2D eigenvalue weighted by atomic mass is 9.43. The van der Waals surface area contributed by atoms with E-state index >= 15 is 4.39 Å². The van der Waals surface area contributed by atoms with Gasteiger partial charge in [0.05, 0.1) is 29.2 Å². The number of hydrogen-bond donors (Lipinski definition) is 0. The van der Waals surface area contributed by atoms with Gasteiger partial charge in [0.25, 0.3) is 5.43 Å². The van der Waals surface area contributed by atoms with Crippen LogP contribution in [0.1, 0.15) is 24.3 Å². The maximum atomic E-state index is 15.5. The van der Waals surface area contributed by atoms with Gasteiger partial charge in [0.15, 0.2) is 11.4 Å². The van der Waals surface area contributed by atoms with Gasteiger partial charge in [0, 0.05) is 18.6 Å². The van der Waals surface area contributed by atoms with Crippen LogP contribution < -0.4 is 10.2 Å². The largest absolute Gasteiger partial charge is 0.500 e. The minimum Gasteiger partial charge on any atom is -0.500 e. The van der Waals surface area contributed by atoms with Crippen molar-refractivity contribution in [2.24, 2.45) is 0 Å². The van der Waals surface area contributed by atoms with E-state index in [-0.39, 0.29) is 23.0 Å². The predicted octanol–water partition coefficient (Wildman–Crippen LogP) is 2.45.